The predicted molar refractivity (Wildman–Crippen MR) is 65.6 cm³/mol. The molecule has 3 N–H and O–H groups in total. The quantitative estimate of drug-likeness (QED) is 0.778. The van der Waals surface area contributed by atoms with Gasteiger partial charge in [0.05, 0.1) is 6.26 Å². The summed E-state index contributed by atoms with van der Waals surface area (Å²) in [6.45, 7) is 0. The van der Waals surface area contributed by atoms with Gasteiger partial charge in [-0.2, -0.15) is 0 Å². The fraction of sp³-hybridized carbons (Fsp3) is 0.364. The highest BCUT2D eigenvalue weighted by atomic mass is 32.2. The van der Waals surface area contributed by atoms with Crippen LogP contribution in [0.3, 0.4) is 0 Å². The molecule has 0 aliphatic carbocycles. The molecule has 94 valence electrons. The number of sulfonamides is 1. The van der Waals surface area contributed by atoms with Gasteiger partial charge in [-0.25, -0.2) is 13.1 Å². The average Bonchev–Trinajstić information content (AvgIpc) is 2.24. The lowest BCUT2D eigenvalue weighted by atomic mass is 10.0. The summed E-state index contributed by atoms with van der Waals surface area (Å²) in [4.78, 5) is 10.7. The smallest absolute Gasteiger partial charge is 0.217 e. The molecule has 0 spiro atoms. The molecule has 0 heterocycles. The maximum Gasteiger partial charge on any atom is 0.217 e. The Balaban J connectivity index is 2.83. The summed E-state index contributed by atoms with van der Waals surface area (Å²) in [6.07, 6.45) is 1.59. The van der Waals surface area contributed by atoms with Crippen LogP contribution in [0.15, 0.2) is 30.3 Å². The van der Waals surface area contributed by atoms with E-state index in [0.29, 0.717) is 6.42 Å². The summed E-state index contributed by atoms with van der Waals surface area (Å²) in [5, 5.41) is 0. The van der Waals surface area contributed by atoms with Gasteiger partial charge in [0.2, 0.25) is 15.9 Å². The third kappa shape index (κ3) is 5.46. The number of hydrogen-bond donors (Lipinski definition) is 2. The van der Waals surface area contributed by atoms with Gasteiger partial charge in [0.25, 0.3) is 0 Å². The second kappa shape index (κ2) is 5.79. The zero-order valence-corrected chi connectivity index (χ0v) is 10.4. The highest BCUT2D eigenvalue weighted by Gasteiger charge is 2.16. The van der Waals surface area contributed by atoms with Crippen molar-refractivity contribution in [2.45, 2.75) is 18.9 Å². The summed E-state index contributed by atoms with van der Waals surface area (Å²) < 4.78 is 25.0. The Bertz CT molecular complexity index is 471. The third-order valence-corrected chi connectivity index (χ3v) is 2.95. The van der Waals surface area contributed by atoms with Crippen molar-refractivity contribution >= 4 is 15.9 Å². The van der Waals surface area contributed by atoms with Crippen LogP contribution in [0.1, 0.15) is 24.4 Å². The van der Waals surface area contributed by atoms with E-state index in [1.807, 2.05) is 30.3 Å². The minimum atomic E-state index is -3.32. The molecule has 0 fully saturated rings. The van der Waals surface area contributed by atoms with Crippen LogP contribution in [0.25, 0.3) is 0 Å². The predicted octanol–water partition coefficient (Wildman–Crippen LogP) is 0.542. The van der Waals surface area contributed by atoms with E-state index < -0.39 is 22.0 Å². The molecule has 0 saturated heterocycles. The minimum Gasteiger partial charge on any atom is -0.370 e. The van der Waals surface area contributed by atoms with Gasteiger partial charge < -0.3 is 5.73 Å². The molecule has 0 bridgehead atoms. The number of rotatable bonds is 6. The first-order valence-corrected chi connectivity index (χ1v) is 7.08. The lowest BCUT2D eigenvalue weighted by Crippen LogP contribution is -2.28. The molecule has 0 aliphatic heterocycles. The maximum atomic E-state index is 11.2. The van der Waals surface area contributed by atoms with E-state index in [4.69, 9.17) is 5.73 Å². The number of carbonyl (C=O) groups excluding carboxylic acids is 1. The van der Waals surface area contributed by atoms with Gasteiger partial charge in [-0.05, 0) is 12.0 Å². The SMILES string of the molecule is CS(=O)(=O)NC(CCC(N)=O)c1ccccc1. The largest absolute Gasteiger partial charge is 0.370 e. The van der Waals surface area contributed by atoms with Crippen molar-refractivity contribution in [3.8, 4) is 0 Å². The van der Waals surface area contributed by atoms with Crippen LogP contribution in [-0.4, -0.2) is 20.6 Å². The molecule has 1 aromatic carbocycles. The van der Waals surface area contributed by atoms with Gasteiger partial charge in [-0.15, -0.1) is 0 Å². The summed E-state index contributed by atoms with van der Waals surface area (Å²) in [5.74, 6) is -0.443. The van der Waals surface area contributed by atoms with Crippen molar-refractivity contribution in [2.75, 3.05) is 6.26 Å². The zero-order chi connectivity index (χ0) is 12.9. The van der Waals surface area contributed by atoms with Crippen molar-refractivity contribution in [2.24, 2.45) is 5.73 Å². The maximum absolute atomic E-state index is 11.2. The minimum absolute atomic E-state index is 0.141. The second-order valence-electron chi connectivity index (χ2n) is 3.86. The van der Waals surface area contributed by atoms with Gasteiger partial charge in [0.15, 0.2) is 0 Å². The number of amides is 1. The number of nitrogens with two attached hydrogens (primary N) is 1. The van der Waals surface area contributed by atoms with Crippen LogP contribution in [0.2, 0.25) is 0 Å². The van der Waals surface area contributed by atoms with E-state index in [2.05, 4.69) is 4.72 Å². The molecular formula is C11H16N2O3S. The third-order valence-electron chi connectivity index (χ3n) is 2.24. The molecule has 0 aromatic heterocycles. The Morgan fingerprint density at radius 1 is 1.35 bits per heavy atom. The molecule has 1 amide bonds. The number of primary amides is 1. The van der Waals surface area contributed by atoms with Crippen LogP contribution in [0.4, 0.5) is 0 Å². The number of carbonyl (C=O) groups is 1. The van der Waals surface area contributed by atoms with E-state index in [1.54, 1.807) is 0 Å². The van der Waals surface area contributed by atoms with E-state index in [1.165, 1.54) is 0 Å². The van der Waals surface area contributed by atoms with Gasteiger partial charge in [0, 0.05) is 12.5 Å². The van der Waals surface area contributed by atoms with Crippen molar-refractivity contribution in [3.05, 3.63) is 35.9 Å². The Morgan fingerprint density at radius 2 is 1.94 bits per heavy atom. The molecule has 0 saturated carbocycles. The topological polar surface area (TPSA) is 89.3 Å². The molecular weight excluding hydrogens is 240 g/mol. The second-order valence-corrected chi connectivity index (χ2v) is 5.64. The van der Waals surface area contributed by atoms with Crippen LogP contribution >= 0.6 is 0 Å². The number of hydrogen-bond acceptors (Lipinski definition) is 3. The van der Waals surface area contributed by atoms with Gasteiger partial charge in [0.1, 0.15) is 0 Å². The Labute approximate surface area is 101 Å². The standard InChI is InChI=1S/C11H16N2O3S/c1-17(15,16)13-10(7-8-11(12)14)9-5-3-2-4-6-9/h2-6,10,13H,7-8H2,1H3,(H2,12,14). The van der Waals surface area contributed by atoms with Crippen LogP contribution < -0.4 is 10.5 Å². The highest BCUT2D eigenvalue weighted by molar-refractivity contribution is 7.88. The summed E-state index contributed by atoms with van der Waals surface area (Å²) in [5.41, 5.74) is 5.89. The lowest BCUT2D eigenvalue weighted by molar-refractivity contribution is -0.118. The van der Waals surface area contributed by atoms with Gasteiger partial charge in [-0.3, -0.25) is 4.79 Å². The van der Waals surface area contributed by atoms with E-state index in [-0.39, 0.29) is 6.42 Å². The molecule has 1 atom stereocenters. The molecule has 5 nitrogen and oxygen atoms in total. The zero-order valence-electron chi connectivity index (χ0n) is 9.59. The number of nitrogens with one attached hydrogen (secondary N) is 1. The van der Waals surface area contributed by atoms with Gasteiger partial charge in [-0.1, -0.05) is 30.3 Å². The normalized spacial score (nSPS) is 13.2. The highest BCUT2D eigenvalue weighted by Crippen LogP contribution is 2.18. The molecule has 6 heteroatoms. The van der Waals surface area contributed by atoms with Gasteiger partial charge >= 0.3 is 0 Å². The fourth-order valence-corrected chi connectivity index (χ4v) is 2.29. The van der Waals surface area contributed by atoms with Crippen LogP contribution in [0, 0.1) is 0 Å². The number of benzene rings is 1. The summed E-state index contributed by atoms with van der Waals surface area (Å²) >= 11 is 0. The average molecular weight is 256 g/mol. The first-order valence-electron chi connectivity index (χ1n) is 5.19. The molecule has 1 aromatic rings. The monoisotopic (exact) mass is 256 g/mol. The van der Waals surface area contributed by atoms with Crippen molar-refractivity contribution < 1.29 is 13.2 Å². The van der Waals surface area contributed by atoms with E-state index in [9.17, 15) is 13.2 Å². The lowest BCUT2D eigenvalue weighted by Gasteiger charge is -2.17. The summed E-state index contributed by atoms with van der Waals surface area (Å²) in [7, 11) is -3.32. The van der Waals surface area contributed by atoms with Crippen molar-refractivity contribution in [1.29, 1.82) is 0 Å². The molecule has 1 unspecified atom stereocenters. The molecule has 1 rings (SSSR count). The van der Waals surface area contributed by atoms with E-state index >= 15 is 0 Å². The molecule has 0 aliphatic rings. The van der Waals surface area contributed by atoms with Crippen LogP contribution in [0.5, 0.6) is 0 Å². The fourth-order valence-electron chi connectivity index (χ4n) is 1.52. The van der Waals surface area contributed by atoms with E-state index in [0.717, 1.165) is 11.8 Å². The molecule has 17 heavy (non-hydrogen) atoms. The first kappa shape index (κ1) is 13.7. The van der Waals surface area contributed by atoms with Crippen molar-refractivity contribution in [1.82, 2.24) is 4.72 Å². The Morgan fingerprint density at radius 3 is 2.41 bits per heavy atom. The molecule has 0 radical (unpaired) electrons. The first-order chi connectivity index (χ1) is 7.88. The Kier molecular flexibility index (Phi) is 4.65. The summed E-state index contributed by atoms with van der Waals surface area (Å²) in [6, 6.07) is 8.68. The van der Waals surface area contributed by atoms with Crippen LogP contribution in [-0.2, 0) is 14.8 Å². The van der Waals surface area contributed by atoms with Crippen molar-refractivity contribution in [3.63, 3.8) is 0 Å². The Hall–Kier alpha value is -1.40.